The molecule has 0 radical (unpaired) electrons. The van der Waals surface area contributed by atoms with E-state index < -0.39 is 5.41 Å². The van der Waals surface area contributed by atoms with Crippen LogP contribution in [-0.4, -0.2) is 61.0 Å². The van der Waals surface area contributed by atoms with Crippen LogP contribution in [0.5, 0.6) is 0 Å². The molecule has 1 amide bonds. The molecule has 2 rings (SSSR count). The van der Waals surface area contributed by atoms with Gasteiger partial charge in [-0.15, -0.1) is 0 Å². The Morgan fingerprint density at radius 3 is 2.07 bits per heavy atom. The molecule has 150 valence electrons. The van der Waals surface area contributed by atoms with Gasteiger partial charge < -0.3 is 9.64 Å². The van der Waals surface area contributed by atoms with E-state index >= 15 is 0 Å². The summed E-state index contributed by atoms with van der Waals surface area (Å²) in [6, 6.07) is 10.3. The van der Waals surface area contributed by atoms with Crippen LogP contribution in [0.4, 0.5) is 0 Å². The first-order valence-corrected chi connectivity index (χ1v) is 10.3. The second-order valence-corrected chi connectivity index (χ2v) is 7.32. The lowest BCUT2D eigenvalue weighted by Crippen LogP contribution is -2.55. The lowest BCUT2D eigenvalue weighted by Gasteiger charge is -2.41. The second kappa shape index (κ2) is 10.5. The van der Waals surface area contributed by atoms with Crippen molar-refractivity contribution in [2.75, 3.05) is 39.3 Å². The minimum atomic E-state index is -0.436. The number of carbonyl (C=O) groups is 2. The van der Waals surface area contributed by atoms with Crippen LogP contribution in [0.25, 0.3) is 0 Å². The molecule has 1 aromatic rings. The highest BCUT2D eigenvalue weighted by Crippen LogP contribution is 2.36. The number of benzene rings is 1. The molecular weight excluding hydrogens is 340 g/mol. The van der Waals surface area contributed by atoms with E-state index in [2.05, 4.69) is 30.9 Å². The Morgan fingerprint density at radius 2 is 1.56 bits per heavy atom. The van der Waals surface area contributed by atoms with Crippen molar-refractivity contribution in [2.24, 2.45) is 0 Å². The first-order valence-electron chi connectivity index (χ1n) is 10.3. The SMILES string of the molecule is CCCC(CCC)(C(=O)N1CCN(CC(=O)OCC)CC1)c1ccccc1. The zero-order valence-electron chi connectivity index (χ0n) is 17.1. The van der Waals surface area contributed by atoms with E-state index in [1.165, 1.54) is 0 Å². The number of carbonyl (C=O) groups excluding carboxylic acids is 2. The summed E-state index contributed by atoms with van der Waals surface area (Å²) in [4.78, 5) is 29.4. The third-order valence-corrected chi connectivity index (χ3v) is 5.41. The number of amides is 1. The van der Waals surface area contributed by atoms with Crippen LogP contribution in [0.3, 0.4) is 0 Å². The van der Waals surface area contributed by atoms with Gasteiger partial charge in [0.15, 0.2) is 0 Å². The molecule has 1 aliphatic heterocycles. The highest BCUT2D eigenvalue weighted by Gasteiger charge is 2.41. The van der Waals surface area contributed by atoms with Gasteiger partial charge >= 0.3 is 5.97 Å². The molecule has 0 saturated carbocycles. The monoisotopic (exact) mass is 374 g/mol. The highest BCUT2D eigenvalue weighted by atomic mass is 16.5. The van der Waals surface area contributed by atoms with E-state index in [-0.39, 0.29) is 11.9 Å². The van der Waals surface area contributed by atoms with Gasteiger partial charge in [0.05, 0.1) is 18.6 Å². The molecule has 1 saturated heterocycles. The van der Waals surface area contributed by atoms with E-state index in [0.29, 0.717) is 39.3 Å². The van der Waals surface area contributed by atoms with Crippen molar-refractivity contribution in [2.45, 2.75) is 51.9 Å². The van der Waals surface area contributed by atoms with E-state index in [0.717, 1.165) is 31.2 Å². The van der Waals surface area contributed by atoms with Crippen molar-refractivity contribution in [3.63, 3.8) is 0 Å². The second-order valence-electron chi connectivity index (χ2n) is 7.32. The smallest absolute Gasteiger partial charge is 0.320 e. The molecule has 27 heavy (non-hydrogen) atoms. The number of hydrogen-bond donors (Lipinski definition) is 0. The minimum absolute atomic E-state index is 0.187. The van der Waals surface area contributed by atoms with Gasteiger partial charge in [-0.25, -0.2) is 0 Å². The van der Waals surface area contributed by atoms with Gasteiger partial charge in [0.2, 0.25) is 5.91 Å². The quantitative estimate of drug-likeness (QED) is 0.623. The van der Waals surface area contributed by atoms with Crippen LogP contribution in [-0.2, 0) is 19.7 Å². The molecule has 0 N–H and O–H groups in total. The Morgan fingerprint density at radius 1 is 0.963 bits per heavy atom. The summed E-state index contributed by atoms with van der Waals surface area (Å²) >= 11 is 0. The van der Waals surface area contributed by atoms with Crippen LogP contribution in [0.2, 0.25) is 0 Å². The first-order chi connectivity index (χ1) is 13.1. The Bertz CT molecular complexity index is 589. The molecule has 5 nitrogen and oxygen atoms in total. The number of hydrogen-bond acceptors (Lipinski definition) is 4. The van der Waals surface area contributed by atoms with Crippen molar-refractivity contribution in [1.29, 1.82) is 0 Å². The minimum Gasteiger partial charge on any atom is -0.465 e. The fourth-order valence-corrected chi connectivity index (χ4v) is 4.16. The summed E-state index contributed by atoms with van der Waals surface area (Å²) in [6.07, 6.45) is 3.69. The summed E-state index contributed by atoms with van der Waals surface area (Å²) in [5.41, 5.74) is 0.696. The van der Waals surface area contributed by atoms with Crippen molar-refractivity contribution in [3.05, 3.63) is 35.9 Å². The Labute approximate surface area is 163 Å². The number of rotatable bonds is 9. The number of piperazine rings is 1. The lowest BCUT2D eigenvalue weighted by atomic mass is 9.72. The first kappa shape index (κ1) is 21.4. The maximum atomic E-state index is 13.6. The molecule has 5 heteroatoms. The molecule has 1 heterocycles. The van der Waals surface area contributed by atoms with Gasteiger partial charge in [0.25, 0.3) is 0 Å². The van der Waals surface area contributed by atoms with Crippen LogP contribution < -0.4 is 0 Å². The van der Waals surface area contributed by atoms with E-state index in [9.17, 15) is 9.59 Å². The Kier molecular flexibility index (Phi) is 8.29. The molecule has 0 aromatic heterocycles. The van der Waals surface area contributed by atoms with Gasteiger partial charge in [-0.2, -0.15) is 0 Å². The fraction of sp³-hybridized carbons (Fsp3) is 0.636. The molecule has 1 aliphatic rings. The molecule has 0 aliphatic carbocycles. The standard InChI is InChI=1S/C22H34N2O3/c1-4-12-22(13-5-2,19-10-8-7-9-11-19)21(26)24-16-14-23(15-17-24)18-20(25)27-6-3/h7-11H,4-6,12-18H2,1-3H3. The highest BCUT2D eigenvalue weighted by molar-refractivity contribution is 5.88. The van der Waals surface area contributed by atoms with Crippen LogP contribution >= 0.6 is 0 Å². The third-order valence-electron chi connectivity index (χ3n) is 5.41. The van der Waals surface area contributed by atoms with Gasteiger partial charge in [-0.3, -0.25) is 14.5 Å². The number of ether oxygens (including phenoxy) is 1. The topological polar surface area (TPSA) is 49.9 Å². The van der Waals surface area contributed by atoms with Crippen molar-refractivity contribution < 1.29 is 14.3 Å². The zero-order chi connectivity index (χ0) is 19.7. The van der Waals surface area contributed by atoms with Gasteiger partial charge in [-0.05, 0) is 25.3 Å². The number of nitrogens with zero attached hydrogens (tertiary/aromatic N) is 2. The van der Waals surface area contributed by atoms with E-state index in [1.54, 1.807) is 0 Å². The third kappa shape index (κ3) is 5.32. The molecule has 1 fully saturated rings. The van der Waals surface area contributed by atoms with Crippen LogP contribution in [0.15, 0.2) is 30.3 Å². The van der Waals surface area contributed by atoms with E-state index in [4.69, 9.17) is 4.74 Å². The summed E-state index contributed by atoms with van der Waals surface area (Å²) in [6.45, 7) is 9.60. The van der Waals surface area contributed by atoms with Gasteiger partial charge in [0.1, 0.15) is 0 Å². The summed E-state index contributed by atoms with van der Waals surface area (Å²) in [5, 5.41) is 0. The Hall–Kier alpha value is -1.88. The summed E-state index contributed by atoms with van der Waals surface area (Å²) < 4.78 is 5.03. The predicted molar refractivity (Wildman–Crippen MR) is 108 cm³/mol. The van der Waals surface area contributed by atoms with Crippen LogP contribution in [0.1, 0.15) is 52.0 Å². The van der Waals surface area contributed by atoms with Crippen molar-refractivity contribution >= 4 is 11.9 Å². The summed E-state index contributed by atoms with van der Waals surface area (Å²) in [7, 11) is 0. The largest absolute Gasteiger partial charge is 0.465 e. The zero-order valence-corrected chi connectivity index (χ0v) is 17.1. The molecule has 1 aromatic carbocycles. The maximum absolute atomic E-state index is 13.6. The molecule has 0 spiro atoms. The van der Waals surface area contributed by atoms with E-state index in [1.807, 2.05) is 30.0 Å². The normalized spacial score (nSPS) is 15.6. The fourth-order valence-electron chi connectivity index (χ4n) is 4.16. The molecule has 0 atom stereocenters. The van der Waals surface area contributed by atoms with Gasteiger partial charge in [0, 0.05) is 26.2 Å². The van der Waals surface area contributed by atoms with Gasteiger partial charge in [-0.1, -0.05) is 57.0 Å². The lowest BCUT2D eigenvalue weighted by molar-refractivity contribution is -0.145. The molecular formula is C22H34N2O3. The molecule has 0 unspecified atom stereocenters. The average molecular weight is 375 g/mol. The number of esters is 1. The van der Waals surface area contributed by atoms with Crippen molar-refractivity contribution in [3.8, 4) is 0 Å². The van der Waals surface area contributed by atoms with Crippen LogP contribution in [0, 0.1) is 0 Å². The predicted octanol–water partition coefficient (Wildman–Crippen LogP) is 3.23. The van der Waals surface area contributed by atoms with Crippen molar-refractivity contribution in [1.82, 2.24) is 9.80 Å². The molecule has 0 bridgehead atoms. The summed E-state index contributed by atoms with van der Waals surface area (Å²) in [5.74, 6) is 0.0565. The average Bonchev–Trinajstić information content (AvgIpc) is 2.68. The Balaban J connectivity index is 2.11. The maximum Gasteiger partial charge on any atom is 0.320 e.